The Morgan fingerprint density at radius 3 is 2.45 bits per heavy atom. The molecule has 22 heavy (non-hydrogen) atoms. The second-order valence-corrected chi connectivity index (χ2v) is 5.70. The van der Waals surface area contributed by atoms with Crippen LogP contribution in [0.1, 0.15) is 25.6 Å². The molecule has 1 saturated heterocycles. The number of alkyl halides is 3. The maximum Gasteiger partial charge on any atom is 0.451 e. The Bertz CT molecular complexity index is 691. The van der Waals surface area contributed by atoms with Crippen LogP contribution in [0.2, 0.25) is 0 Å². The van der Waals surface area contributed by atoms with E-state index < -0.39 is 17.8 Å². The van der Waals surface area contributed by atoms with E-state index in [0.29, 0.717) is 24.4 Å². The van der Waals surface area contributed by atoms with E-state index in [1.807, 2.05) is 0 Å². The minimum atomic E-state index is -4.62. The van der Waals surface area contributed by atoms with Crippen molar-refractivity contribution >= 4 is 16.7 Å². The van der Waals surface area contributed by atoms with Crippen LogP contribution >= 0.6 is 0 Å². The molecule has 0 radical (unpaired) electrons. The fraction of sp³-hybridized carbons (Fsp3) is 0.467. The Balaban J connectivity index is 2.14. The van der Waals surface area contributed by atoms with Crippen LogP contribution in [0.25, 0.3) is 10.9 Å². The molecule has 118 valence electrons. The minimum absolute atomic E-state index is 0.109. The SMILES string of the molecule is CC1CCN(c2nc(C(F)(F)F)nc3ccc(F)cc23)CC1. The topological polar surface area (TPSA) is 29.0 Å². The van der Waals surface area contributed by atoms with E-state index in [0.717, 1.165) is 18.9 Å². The molecule has 0 unspecified atom stereocenters. The molecular weight excluding hydrogens is 298 g/mol. The predicted octanol–water partition coefficient (Wildman–Crippen LogP) is 4.02. The first-order chi connectivity index (χ1) is 10.3. The van der Waals surface area contributed by atoms with Gasteiger partial charge < -0.3 is 4.90 Å². The molecule has 2 heterocycles. The Labute approximate surface area is 125 Å². The van der Waals surface area contributed by atoms with Crippen LogP contribution < -0.4 is 4.90 Å². The lowest BCUT2D eigenvalue weighted by Crippen LogP contribution is -2.34. The molecule has 1 aliphatic rings. The normalized spacial score (nSPS) is 17.2. The lowest BCUT2D eigenvalue weighted by molar-refractivity contribution is -0.144. The van der Waals surface area contributed by atoms with Gasteiger partial charge in [-0.3, -0.25) is 0 Å². The van der Waals surface area contributed by atoms with Gasteiger partial charge in [0.2, 0.25) is 5.82 Å². The van der Waals surface area contributed by atoms with Crippen molar-refractivity contribution in [3.8, 4) is 0 Å². The third-order valence-corrected chi connectivity index (χ3v) is 3.97. The molecule has 0 N–H and O–H groups in total. The highest BCUT2D eigenvalue weighted by molar-refractivity contribution is 5.89. The number of hydrogen-bond acceptors (Lipinski definition) is 3. The van der Waals surface area contributed by atoms with Gasteiger partial charge in [0.15, 0.2) is 0 Å². The summed E-state index contributed by atoms with van der Waals surface area (Å²) in [6.07, 6.45) is -2.87. The molecule has 0 aliphatic carbocycles. The summed E-state index contributed by atoms with van der Waals surface area (Å²) in [5, 5.41) is 0.322. The van der Waals surface area contributed by atoms with Gasteiger partial charge in [-0.2, -0.15) is 13.2 Å². The van der Waals surface area contributed by atoms with Crippen molar-refractivity contribution in [1.82, 2.24) is 9.97 Å². The van der Waals surface area contributed by atoms with Gasteiger partial charge in [0.05, 0.1) is 5.52 Å². The number of piperidine rings is 1. The first kappa shape index (κ1) is 15.0. The second-order valence-electron chi connectivity index (χ2n) is 5.70. The van der Waals surface area contributed by atoms with Crippen LogP contribution in [0.15, 0.2) is 18.2 Å². The molecule has 0 spiro atoms. The van der Waals surface area contributed by atoms with Gasteiger partial charge in [0.25, 0.3) is 0 Å². The summed E-state index contributed by atoms with van der Waals surface area (Å²) in [6.45, 7) is 3.33. The largest absolute Gasteiger partial charge is 0.451 e. The molecular formula is C15H15F4N3. The van der Waals surface area contributed by atoms with Crippen LogP contribution in [0.5, 0.6) is 0 Å². The summed E-state index contributed by atoms with van der Waals surface area (Å²) in [4.78, 5) is 9.00. The molecule has 0 atom stereocenters. The third kappa shape index (κ3) is 2.84. The fourth-order valence-electron chi connectivity index (χ4n) is 2.67. The molecule has 2 aromatic rings. The van der Waals surface area contributed by atoms with E-state index in [-0.39, 0.29) is 11.3 Å². The molecule has 3 rings (SSSR count). The zero-order valence-corrected chi connectivity index (χ0v) is 12.0. The number of nitrogens with zero attached hydrogens (tertiary/aromatic N) is 3. The standard InChI is InChI=1S/C15H15F4N3/c1-9-4-6-22(7-5-9)13-11-8-10(16)2-3-12(11)20-14(21-13)15(17,18)19/h2-3,8-9H,4-7H2,1H3. The molecule has 1 fully saturated rings. The number of aromatic nitrogens is 2. The lowest BCUT2D eigenvalue weighted by Gasteiger charge is -2.32. The zero-order valence-electron chi connectivity index (χ0n) is 12.0. The molecule has 0 amide bonds. The predicted molar refractivity (Wildman–Crippen MR) is 75.1 cm³/mol. The summed E-state index contributed by atoms with van der Waals surface area (Å²) in [7, 11) is 0. The summed E-state index contributed by atoms with van der Waals surface area (Å²) in [5.41, 5.74) is 0.109. The lowest BCUT2D eigenvalue weighted by atomic mass is 9.99. The molecule has 0 saturated carbocycles. The summed E-state index contributed by atoms with van der Waals surface area (Å²) >= 11 is 0. The fourth-order valence-corrected chi connectivity index (χ4v) is 2.67. The molecule has 1 aliphatic heterocycles. The van der Waals surface area contributed by atoms with E-state index in [1.165, 1.54) is 12.1 Å². The van der Waals surface area contributed by atoms with Gasteiger partial charge in [-0.1, -0.05) is 6.92 Å². The highest BCUT2D eigenvalue weighted by Crippen LogP contribution is 2.33. The Kier molecular flexibility index (Phi) is 3.66. The Morgan fingerprint density at radius 1 is 1.14 bits per heavy atom. The van der Waals surface area contributed by atoms with E-state index in [9.17, 15) is 17.6 Å². The van der Waals surface area contributed by atoms with Crippen LogP contribution in [-0.2, 0) is 6.18 Å². The monoisotopic (exact) mass is 313 g/mol. The van der Waals surface area contributed by atoms with Gasteiger partial charge in [-0.25, -0.2) is 14.4 Å². The van der Waals surface area contributed by atoms with Gasteiger partial charge >= 0.3 is 6.18 Å². The number of rotatable bonds is 1. The van der Waals surface area contributed by atoms with Crippen LogP contribution in [0.4, 0.5) is 23.4 Å². The van der Waals surface area contributed by atoms with Crippen molar-refractivity contribution in [3.05, 3.63) is 29.8 Å². The number of hydrogen-bond donors (Lipinski definition) is 0. The van der Waals surface area contributed by atoms with E-state index in [2.05, 4.69) is 16.9 Å². The minimum Gasteiger partial charge on any atom is -0.356 e. The van der Waals surface area contributed by atoms with Crippen LogP contribution in [0.3, 0.4) is 0 Å². The van der Waals surface area contributed by atoms with Crippen molar-refractivity contribution in [2.45, 2.75) is 25.9 Å². The van der Waals surface area contributed by atoms with E-state index in [4.69, 9.17) is 0 Å². The number of fused-ring (bicyclic) bond motifs is 1. The number of benzene rings is 1. The average molecular weight is 313 g/mol. The van der Waals surface area contributed by atoms with Crippen LogP contribution in [0, 0.1) is 11.7 Å². The number of halogens is 4. The van der Waals surface area contributed by atoms with E-state index >= 15 is 0 Å². The first-order valence-corrected chi connectivity index (χ1v) is 7.14. The first-order valence-electron chi connectivity index (χ1n) is 7.14. The molecule has 1 aromatic heterocycles. The van der Waals surface area contributed by atoms with Crippen molar-refractivity contribution < 1.29 is 17.6 Å². The summed E-state index contributed by atoms with van der Waals surface area (Å²) in [6, 6.07) is 3.57. The average Bonchev–Trinajstić information content (AvgIpc) is 2.46. The van der Waals surface area contributed by atoms with Gasteiger partial charge in [-0.15, -0.1) is 0 Å². The maximum atomic E-state index is 13.5. The van der Waals surface area contributed by atoms with Gasteiger partial charge in [0.1, 0.15) is 11.6 Å². The molecule has 1 aromatic carbocycles. The molecule has 7 heteroatoms. The van der Waals surface area contributed by atoms with Crippen molar-refractivity contribution in [2.75, 3.05) is 18.0 Å². The molecule has 0 bridgehead atoms. The molecule has 3 nitrogen and oxygen atoms in total. The van der Waals surface area contributed by atoms with Crippen molar-refractivity contribution in [3.63, 3.8) is 0 Å². The highest BCUT2D eigenvalue weighted by atomic mass is 19.4. The van der Waals surface area contributed by atoms with E-state index in [1.54, 1.807) is 4.90 Å². The van der Waals surface area contributed by atoms with Gasteiger partial charge in [-0.05, 0) is 37.0 Å². The Hall–Kier alpha value is -1.92. The quantitative estimate of drug-likeness (QED) is 0.745. The highest BCUT2D eigenvalue weighted by Gasteiger charge is 2.36. The van der Waals surface area contributed by atoms with Crippen molar-refractivity contribution in [1.29, 1.82) is 0 Å². The zero-order chi connectivity index (χ0) is 15.9. The summed E-state index contributed by atoms with van der Waals surface area (Å²) in [5.74, 6) is -0.991. The van der Waals surface area contributed by atoms with Crippen LogP contribution in [-0.4, -0.2) is 23.1 Å². The van der Waals surface area contributed by atoms with Gasteiger partial charge in [0, 0.05) is 18.5 Å². The summed E-state index contributed by atoms with van der Waals surface area (Å²) < 4.78 is 52.4. The third-order valence-electron chi connectivity index (χ3n) is 3.97. The Morgan fingerprint density at radius 2 is 1.82 bits per heavy atom. The second kappa shape index (κ2) is 5.37. The maximum absolute atomic E-state index is 13.5. The smallest absolute Gasteiger partial charge is 0.356 e. The number of anilines is 1. The van der Waals surface area contributed by atoms with Crippen molar-refractivity contribution in [2.24, 2.45) is 5.92 Å².